The number of morpholine rings is 1. The van der Waals surface area contributed by atoms with Crippen molar-refractivity contribution in [2.24, 2.45) is 0 Å². The number of anilines is 1. The number of benzene rings is 1. The van der Waals surface area contributed by atoms with Gasteiger partial charge in [-0.1, -0.05) is 0 Å². The molecule has 1 aliphatic rings. The lowest BCUT2D eigenvalue weighted by atomic mass is 10.1. The summed E-state index contributed by atoms with van der Waals surface area (Å²) in [6, 6.07) is 8.62. The highest BCUT2D eigenvalue weighted by atomic mass is 19.1. The molecule has 0 atom stereocenters. The molecule has 1 saturated heterocycles. The predicted octanol–water partition coefficient (Wildman–Crippen LogP) is 3.90. The van der Waals surface area contributed by atoms with Crippen LogP contribution in [0.1, 0.15) is 0 Å². The Balaban J connectivity index is 1.68. The van der Waals surface area contributed by atoms with Crippen LogP contribution in [0.3, 0.4) is 0 Å². The van der Waals surface area contributed by atoms with Crippen molar-refractivity contribution in [3.8, 4) is 11.4 Å². The van der Waals surface area contributed by atoms with Gasteiger partial charge in [0, 0.05) is 41.9 Å². The summed E-state index contributed by atoms with van der Waals surface area (Å²) >= 11 is 0. The van der Waals surface area contributed by atoms with E-state index in [1.165, 1.54) is 12.1 Å². The number of H-pyrrole nitrogens is 1. The Morgan fingerprint density at radius 2 is 1.97 bits per heavy atom. The lowest BCUT2D eigenvalue weighted by Gasteiger charge is -2.27. The second-order valence-corrected chi connectivity index (χ2v) is 7.00. The molecule has 144 valence electrons. The number of hydrogen-bond acceptors (Lipinski definition) is 6. The SMILES string of the molecule is Fc1cc(-c2nc(N3CCOCC3)c3oc4ncccc4c3n2)c2cc[nH]c2c1. The molecule has 1 aliphatic heterocycles. The Morgan fingerprint density at radius 3 is 2.86 bits per heavy atom. The maximum atomic E-state index is 14.3. The van der Waals surface area contributed by atoms with E-state index in [4.69, 9.17) is 19.1 Å². The van der Waals surface area contributed by atoms with Crippen LogP contribution >= 0.6 is 0 Å². The Kier molecular flexibility index (Phi) is 3.54. The lowest BCUT2D eigenvalue weighted by molar-refractivity contribution is 0.122. The summed E-state index contributed by atoms with van der Waals surface area (Å²) in [6.07, 6.45) is 3.47. The van der Waals surface area contributed by atoms with Crippen LogP contribution in [0.2, 0.25) is 0 Å². The normalized spacial score (nSPS) is 15.0. The predicted molar refractivity (Wildman–Crippen MR) is 107 cm³/mol. The van der Waals surface area contributed by atoms with E-state index in [-0.39, 0.29) is 5.82 Å². The van der Waals surface area contributed by atoms with E-state index in [1.807, 2.05) is 18.2 Å². The minimum Gasteiger partial charge on any atom is -0.432 e. The van der Waals surface area contributed by atoms with Crippen LogP contribution in [0.25, 0.3) is 44.5 Å². The number of ether oxygens (including phenoxy) is 1. The van der Waals surface area contributed by atoms with Gasteiger partial charge in [0.25, 0.3) is 0 Å². The van der Waals surface area contributed by atoms with Crippen molar-refractivity contribution in [2.45, 2.75) is 0 Å². The van der Waals surface area contributed by atoms with E-state index in [0.29, 0.717) is 65.8 Å². The molecule has 7 nitrogen and oxygen atoms in total. The zero-order chi connectivity index (χ0) is 19.4. The number of nitrogens with one attached hydrogen (secondary N) is 1. The summed E-state index contributed by atoms with van der Waals surface area (Å²) in [5.74, 6) is 0.791. The third kappa shape index (κ3) is 2.56. The standard InChI is InChI=1S/C21H16FN5O2/c22-12-10-15(13-3-5-23-16(13)11-12)19-25-17-14-2-1-4-24-21(14)29-18(17)20(26-19)27-6-8-28-9-7-27/h1-5,10-11,23H,6-9H2. The van der Waals surface area contributed by atoms with Crippen LogP contribution in [-0.2, 0) is 4.74 Å². The highest BCUT2D eigenvalue weighted by molar-refractivity contribution is 6.06. The number of fused-ring (bicyclic) bond motifs is 4. The van der Waals surface area contributed by atoms with Crippen LogP contribution in [-0.4, -0.2) is 46.2 Å². The van der Waals surface area contributed by atoms with Crippen molar-refractivity contribution in [2.75, 3.05) is 31.2 Å². The van der Waals surface area contributed by atoms with Crippen molar-refractivity contribution < 1.29 is 13.5 Å². The molecule has 0 amide bonds. The third-order valence-electron chi connectivity index (χ3n) is 5.26. The molecule has 1 aromatic carbocycles. The van der Waals surface area contributed by atoms with Crippen molar-refractivity contribution in [1.29, 1.82) is 0 Å². The van der Waals surface area contributed by atoms with Gasteiger partial charge in [-0.15, -0.1) is 0 Å². The Morgan fingerprint density at radius 1 is 1.07 bits per heavy atom. The van der Waals surface area contributed by atoms with Crippen molar-refractivity contribution in [3.63, 3.8) is 0 Å². The van der Waals surface area contributed by atoms with E-state index in [1.54, 1.807) is 12.4 Å². The molecule has 0 spiro atoms. The van der Waals surface area contributed by atoms with Crippen LogP contribution in [0, 0.1) is 5.82 Å². The summed E-state index contributed by atoms with van der Waals surface area (Å²) in [5.41, 5.74) is 3.11. The molecule has 29 heavy (non-hydrogen) atoms. The molecule has 0 unspecified atom stereocenters. The van der Waals surface area contributed by atoms with Crippen molar-refractivity contribution in [3.05, 3.63) is 48.5 Å². The van der Waals surface area contributed by atoms with Gasteiger partial charge in [-0.3, -0.25) is 0 Å². The maximum Gasteiger partial charge on any atom is 0.229 e. The molecule has 6 rings (SSSR count). The largest absolute Gasteiger partial charge is 0.432 e. The summed E-state index contributed by atoms with van der Waals surface area (Å²) in [7, 11) is 0. The monoisotopic (exact) mass is 389 g/mol. The van der Waals surface area contributed by atoms with E-state index in [9.17, 15) is 4.39 Å². The van der Waals surface area contributed by atoms with Crippen LogP contribution in [0.5, 0.6) is 0 Å². The maximum absolute atomic E-state index is 14.3. The van der Waals surface area contributed by atoms with Gasteiger partial charge < -0.3 is 19.0 Å². The molecule has 5 heterocycles. The molecular weight excluding hydrogens is 373 g/mol. The first-order valence-corrected chi connectivity index (χ1v) is 9.43. The fourth-order valence-electron chi connectivity index (χ4n) is 3.89. The zero-order valence-electron chi connectivity index (χ0n) is 15.4. The van der Waals surface area contributed by atoms with Crippen molar-refractivity contribution in [1.82, 2.24) is 19.9 Å². The van der Waals surface area contributed by atoms with E-state index in [2.05, 4.69) is 14.9 Å². The fraction of sp³-hybridized carbons (Fsp3) is 0.190. The lowest BCUT2D eigenvalue weighted by Crippen LogP contribution is -2.37. The number of aromatic amines is 1. The van der Waals surface area contributed by atoms with Gasteiger partial charge in [-0.05, 0) is 30.3 Å². The molecule has 4 aromatic heterocycles. The number of nitrogens with zero attached hydrogens (tertiary/aromatic N) is 4. The third-order valence-corrected chi connectivity index (χ3v) is 5.26. The second-order valence-electron chi connectivity index (χ2n) is 7.00. The van der Waals surface area contributed by atoms with Gasteiger partial charge in [-0.2, -0.15) is 0 Å². The molecule has 0 saturated carbocycles. The minimum absolute atomic E-state index is 0.342. The highest BCUT2D eigenvalue weighted by Gasteiger charge is 2.23. The first-order chi connectivity index (χ1) is 14.3. The van der Waals surface area contributed by atoms with Gasteiger partial charge >= 0.3 is 0 Å². The van der Waals surface area contributed by atoms with Crippen LogP contribution in [0.15, 0.2) is 47.1 Å². The van der Waals surface area contributed by atoms with Gasteiger partial charge in [-0.25, -0.2) is 19.3 Å². The number of pyridine rings is 1. The van der Waals surface area contributed by atoms with Gasteiger partial charge in [0.05, 0.1) is 18.6 Å². The summed E-state index contributed by atoms with van der Waals surface area (Å²) < 4.78 is 25.8. The van der Waals surface area contributed by atoms with Gasteiger partial charge in [0.15, 0.2) is 17.2 Å². The summed E-state index contributed by atoms with van der Waals surface area (Å²) in [4.78, 5) is 19.1. The van der Waals surface area contributed by atoms with E-state index < -0.39 is 0 Å². The Hall–Kier alpha value is -3.52. The van der Waals surface area contributed by atoms with Crippen molar-refractivity contribution >= 4 is 38.9 Å². The smallest absolute Gasteiger partial charge is 0.229 e. The van der Waals surface area contributed by atoms with Crippen LogP contribution in [0.4, 0.5) is 10.2 Å². The number of furan rings is 1. The van der Waals surface area contributed by atoms with Gasteiger partial charge in [0.1, 0.15) is 11.3 Å². The Bertz CT molecular complexity index is 1370. The average Bonchev–Trinajstić information content (AvgIpc) is 3.37. The number of aromatic nitrogens is 4. The highest BCUT2D eigenvalue weighted by Crippen LogP contribution is 2.36. The molecule has 5 aromatic rings. The number of rotatable bonds is 2. The molecule has 8 heteroatoms. The second kappa shape index (κ2) is 6.25. The molecule has 1 N–H and O–H groups in total. The molecule has 0 aliphatic carbocycles. The topological polar surface area (TPSA) is 80.1 Å². The van der Waals surface area contributed by atoms with Gasteiger partial charge in [0.2, 0.25) is 5.71 Å². The minimum atomic E-state index is -0.342. The van der Waals surface area contributed by atoms with E-state index in [0.717, 1.165) is 10.8 Å². The molecule has 1 fully saturated rings. The number of hydrogen-bond donors (Lipinski definition) is 1. The first kappa shape index (κ1) is 16.4. The summed E-state index contributed by atoms with van der Waals surface area (Å²) in [5, 5.41) is 1.67. The molecule has 0 radical (unpaired) electrons. The Labute approximate surface area is 164 Å². The molecular formula is C21H16FN5O2. The van der Waals surface area contributed by atoms with Crippen LogP contribution < -0.4 is 4.90 Å². The van der Waals surface area contributed by atoms with E-state index >= 15 is 0 Å². The first-order valence-electron chi connectivity index (χ1n) is 9.43. The summed E-state index contributed by atoms with van der Waals surface area (Å²) in [6.45, 7) is 2.61. The fourth-order valence-corrected chi connectivity index (χ4v) is 3.89. The number of halogens is 1. The molecule has 0 bridgehead atoms. The quantitative estimate of drug-likeness (QED) is 0.493. The average molecular weight is 389 g/mol. The zero-order valence-corrected chi connectivity index (χ0v) is 15.4.